The highest BCUT2D eigenvalue weighted by molar-refractivity contribution is 9.10. The Bertz CT molecular complexity index is 391. The molecule has 0 spiro atoms. The zero-order valence-electron chi connectivity index (χ0n) is 10.5. The molecule has 0 aromatic heterocycles. The summed E-state index contributed by atoms with van der Waals surface area (Å²) in [6, 6.07) is 5.26. The van der Waals surface area contributed by atoms with Crippen molar-refractivity contribution >= 4 is 15.9 Å². The molecule has 1 saturated carbocycles. The van der Waals surface area contributed by atoms with Gasteiger partial charge in [0.2, 0.25) is 0 Å². The molecule has 2 nitrogen and oxygen atoms in total. The maximum absolute atomic E-state index is 13.7. The standard InChI is InChI=1S/C14H20BrFN2/c15-12-6-7-13(16)11(8-12)9-14(18-17)10-4-2-1-3-5-10/h6-8,10,14,18H,1-5,9,17H2. The Kier molecular flexibility index (Phi) is 5.15. The van der Waals surface area contributed by atoms with Crippen molar-refractivity contribution in [2.45, 2.75) is 44.6 Å². The largest absolute Gasteiger partial charge is 0.271 e. The molecule has 0 saturated heterocycles. The molecule has 4 heteroatoms. The van der Waals surface area contributed by atoms with Crippen LogP contribution in [0.5, 0.6) is 0 Å². The van der Waals surface area contributed by atoms with E-state index in [1.54, 1.807) is 6.07 Å². The number of benzene rings is 1. The van der Waals surface area contributed by atoms with Crippen LogP contribution in [0.15, 0.2) is 22.7 Å². The number of hydrogen-bond acceptors (Lipinski definition) is 2. The van der Waals surface area contributed by atoms with Gasteiger partial charge in [-0.25, -0.2) is 4.39 Å². The minimum absolute atomic E-state index is 0.144. The highest BCUT2D eigenvalue weighted by atomic mass is 79.9. The number of nitrogens with two attached hydrogens (primary N) is 1. The van der Waals surface area contributed by atoms with Crippen molar-refractivity contribution in [2.24, 2.45) is 11.8 Å². The van der Waals surface area contributed by atoms with E-state index in [4.69, 9.17) is 5.84 Å². The normalized spacial score (nSPS) is 18.8. The second-order valence-corrected chi connectivity index (χ2v) is 6.03. The van der Waals surface area contributed by atoms with Crippen molar-refractivity contribution in [3.63, 3.8) is 0 Å². The third-order valence-corrected chi connectivity index (χ3v) is 4.37. The molecule has 0 radical (unpaired) electrons. The molecule has 1 aliphatic carbocycles. The Hall–Kier alpha value is -0.450. The molecule has 1 aromatic rings. The van der Waals surface area contributed by atoms with Crippen molar-refractivity contribution in [1.82, 2.24) is 5.43 Å². The molecular formula is C14H20BrFN2. The topological polar surface area (TPSA) is 38.0 Å². The van der Waals surface area contributed by atoms with Crippen LogP contribution in [-0.4, -0.2) is 6.04 Å². The Balaban J connectivity index is 2.06. The lowest BCUT2D eigenvalue weighted by atomic mass is 9.82. The summed E-state index contributed by atoms with van der Waals surface area (Å²) in [6.07, 6.45) is 6.91. The second kappa shape index (κ2) is 6.64. The minimum atomic E-state index is -0.144. The summed E-state index contributed by atoms with van der Waals surface area (Å²) in [7, 11) is 0. The van der Waals surface area contributed by atoms with Crippen LogP contribution in [0.2, 0.25) is 0 Å². The molecule has 3 N–H and O–H groups in total. The van der Waals surface area contributed by atoms with E-state index in [-0.39, 0.29) is 11.9 Å². The molecular weight excluding hydrogens is 295 g/mol. The number of hydrazine groups is 1. The number of rotatable bonds is 4. The van der Waals surface area contributed by atoms with E-state index in [9.17, 15) is 4.39 Å². The van der Waals surface area contributed by atoms with Gasteiger partial charge < -0.3 is 0 Å². The van der Waals surface area contributed by atoms with Gasteiger partial charge in [-0.15, -0.1) is 0 Å². The lowest BCUT2D eigenvalue weighted by Gasteiger charge is -2.30. The molecule has 0 heterocycles. The van der Waals surface area contributed by atoms with Gasteiger partial charge in [0, 0.05) is 10.5 Å². The van der Waals surface area contributed by atoms with Gasteiger partial charge in [0.05, 0.1) is 0 Å². The van der Waals surface area contributed by atoms with Gasteiger partial charge in [0.25, 0.3) is 0 Å². The van der Waals surface area contributed by atoms with Crippen LogP contribution in [0.1, 0.15) is 37.7 Å². The van der Waals surface area contributed by atoms with Gasteiger partial charge in [-0.3, -0.25) is 11.3 Å². The van der Waals surface area contributed by atoms with Crippen LogP contribution in [0.25, 0.3) is 0 Å². The number of halogens is 2. The quantitative estimate of drug-likeness (QED) is 0.659. The van der Waals surface area contributed by atoms with Gasteiger partial charge in [0.1, 0.15) is 5.82 Å². The van der Waals surface area contributed by atoms with Crippen molar-refractivity contribution in [3.8, 4) is 0 Å². The minimum Gasteiger partial charge on any atom is -0.271 e. The van der Waals surface area contributed by atoms with Gasteiger partial charge in [-0.1, -0.05) is 35.2 Å². The van der Waals surface area contributed by atoms with Crippen LogP contribution in [-0.2, 0) is 6.42 Å². The third-order valence-electron chi connectivity index (χ3n) is 3.88. The van der Waals surface area contributed by atoms with Crippen LogP contribution in [0, 0.1) is 11.7 Å². The first kappa shape index (κ1) is 14.0. The Labute approximate surface area is 116 Å². The SMILES string of the molecule is NNC(Cc1cc(Br)ccc1F)C1CCCCC1. The molecule has 1 aromatic carbocycles. The van der Waals surface area contributed by atoms with E-state index in [2.05, 4.69) is 21.4 Å². The van der Waals surface area contributed by atoms with Crippen molar-refractivity contribution in [1.29, 1.82) is 0 Å². The van der Waals surface area contributed by atoms with Crippen LogP contribution in [0.4, 0.5) is 4.39 Å². The molecule has 0 amide bonds. The molecule has 1 aliphatic rings. The number of nitrogens with one attached hydrogen (secondary N) is 1. The average Bonchev–Trinajstić information content (AvgIpc) is 2.41. The highest BCUT2D eigenvalue weighted by Gasteiger charge is 2.23. The molecule has 0 aliphatic heterocycles. The van der Waals surface area contributed by atoms with E-state index in [1.165, 1.54) is 38.2 Å². The van der Waals surface area contributed by atoms with Gasteiger partial charge in [-0.05, 0) is 48.9 Å². The predicted octanol–water partition coefficient (Wildman–Crippen LogP) is 3.54. The van der Waals surface area contributed by atoms with E-state index in [0.29, 0.717) is 12.3 Å². The van der Waals surface area contributed by atoms with Crippen LogP contribution in [0.3, 0.4) is 0 Å². The maximum Gasteiger partial charge on any atom is 0.126 e. The highest BCUT2D eigenvalue weighted by Crippen LogP contribution is 2.28. The summed E-state index contributed by atoms with van der Waals surface area (Å²) in [5.41, 5.74) is 3.62. The molecule has 18 heavy (non-hydrogen) atoms. The smallest absolute Gasteiger partial charge is 0.126 e. The summed E-state index contributed by atoms with van der Waals surface area (Å²) in [5, 5.41) is 0. The summed E-state index contributed by atoms with van der Waals surface area (Å²) in [5.74, 6) is 6.08. The van der Waals surface area contributed by atoms with Crippen molar-refractivity contribution in [3.05, 3.63) is 34.1 Å². The molecule has 0 bridgehead atoms. The zero-order valence-corrected chi connectivity index (χ0v) is 12.0. The lowest BCUT2D eigenvalue weighted by Crippen LogP contribution is -2.43. The van der Waals surface area contributed by atoms with Gasteiger partial charge >= 0.3 is 0 Å². The predicted molar refractivity (Wildman–Crippen MR) is 75.5 cm³/mol. The first-order valence-electron chi connectivity index (χ1n) is 6.60. The van der Waals surface area contributed by atoms with Crippen molar-refractivity contribution < 1.29 is 4.39 Å². The van der Waals surface area contributed by atoms with Crippen LogP contribution < -0.4 is 11.3 Å². The summed E-state index contributed by atoms with van der Waals surface area (Å²) in [4.78, 5) is 0. The van der Waals surface area contributed by atoms with Gasteiger partial charge in [-0.2, -0.15) is 0 Å². The molecule has 1 fully saturated rings. The third kappa shape index (κ3) is 3.53. The van der Waals surface area contributed by atoms with E-state index in [0.717, 1.165) is 10.0 Å². The Morgan fingerprint density at radius 1 is 1.33 bits per heavy atom. The Morgan fingerprint density at radius 3 is 2.72 bits per heavy atom. The first-order chi connectivity index (χ1) is 8.70. The lowest BCUT2D eigenvalue weighted by molar-refractivity contribution is 0.267. The first-order valence-corrected chi connectivity index (χ1v) is 7.40. The van der Waals surface area contributed by atoms with E-state index < -0.39 is 0 Å². The molecule has 100 valence electrons. The van der Waals surface area contributed by atoms with Crippen LogP contribution >= 0.6 is 15.9 Å². The molecule has 1 unspecified atom stereocenters. The molecule has 2 rings (SSSR count). The monoisotopic (exact) mass is 314 g/mol. The molecule has 1 atom stereocenters. The van der Waals surface area contributed by atoms with Crippen molar-refractivity contribution in [2.75, 3.05) is 0 Å². The fourth-order valence-electron chi connectivity index (χ4n) is 2.83. The zero-order chi connectivity index (χ0) is 13.0. The van der Waals surface area contributed by atoms with E-state index >= 15 is 0 Å². The fraction of sp³-hybridized carbons (Fsp3) is 0.571. The van der Waals surface area contributed by atoms with Gasteiger partial charge in [0.15, 0.2) is 0 Å². The number of hydrogen-bond donors (Lipinski definition) is 2. The summed E-state index contributed by atoms with van der Waals surface area (Å²) < 4.78 is 14.7. The van der Waals surface area contributed by atoms with E-state index in [1.807, 2.05) is 6.07 Å². The summed E-state index contributed by atoms with van der Waals surface area (Å²) in [6.45, 7) is 0. The summed E-state index contributed by atoms with van der Waals surface area (Å²) >= 11 is 3.39. The fourth-order valence-corrected chi connectivity index (χ4v) is 3.24. The Morgan fingerprint density at radius 2 is 2.06 bits per heavy atom. The average molecular weight is 315 g/mol. The maximum atomic E-state index is 13.7. The second-order valence-electron chi connectivity index (χ2n) is 5.11.